The van der Waals surface area contributed by atoms with E-state index in [4.69, 9.17) is 0 Å². The van der Waals surface area contributed by atoms with E-state index in [2.05, 4.69) is 10.2 Å². The van der Waals surface area contributed by atoms with Crippen LogP contribution >= 0.6 is 0 Å². The molecule has 0 aromatic rings. The van der Waals surface area contributed by atoms with E-state index in [1.54, 1.807) is 0 Å². The molecular weight excluding hydrogens is 164 g/mol. The molecule has 0 rings (SSSR count). The molecule has 0 unspecified atom stereocenters. The van der Waals surface area contributed by atoms with Gasteiger partial charge in [-0.05, 0) is 20.5 Å². The van der Waals surface area contributed by atoms with Gasteiger partial charge in [0.15, 0.2) is 0 Å². The third-order valence-electron chi connectivity index (χ3n) is 2.34. The second kappa shape index (κ2) is 5.22. The molecule has 78 valence electrons. The SMILES string of the molecule is CCC(C)(C)C(=O)NCCN(C)C. The zero-order valence-corrected chi connectivity index (χ0v) is 9.48. The van der Waals surface area contributed by atoms with Crippen molar-refractivity contribution in [2.45, 2.75) is 27.2 Å². The summed E-state index contributed by atoms with van der Waals surface area (Å²) in [6.07, 6.45) is 0.876. The van der Waals surface area contributed by atoms with Crippen LogP contribution in [0.25, 0.3) is 0 Å². The zero-order valence-electron chi connectivity index (χ0n) is 9.48. The van der Waals surface area contributed by atoms with Crippen LogP contribution in [0.1, 0.15) is 27.2 Å². The van der Waals surface area contributed by atoms with E-state index in [0.717, 1.165) is 19.5 Å². The van der Waals surface area contributed by atoms with Crippen LogP contribution in [0.5, 0.6) is 0 Å². The summed E-state index contributed by atoms with van der Waals surface area (Å²) in [6, 6.07) is 0. The molecule has 0 aromatic carbocycles. The van der Waals surface area contributed by atoms with Crippen LogP contribution < -0.4 is 5.32 Å². The van der Waals surface area contributed by atoms with Crippen molar-refractivity contribution >= 4 is 5.91 Å². The number of nitrogens with zero attached hydrogens (tertiary/aromatic N) is 1. The Balaban J connectivity index is 3.75. The summed E-state index contributed by atoms with van der Waals surface area (Å²) in [6.45, 7) is 7.60. The van der Waals surface area contributed by atoms with Gasteiger partial charge in [-0.2, -0.15) is 0 Å². The van der Waals surface area contributed by atoms with Crippen molar-refractivity contribution in [3.8, 4) is 0 Å². The summed E-state index contributed by atoms with van der Waals surface area (Å²) in [4.78, 5) is 13.6. The minimum absolute atomic E-state index is 0.150. The van der Waals surface area contributed by atoms with E-state index in [0.29, 0.717) is 0 Å². The molecule has 1 amide bonds. The van der Waals surface area contributed by atoms with Crippen molar-refractivity contribution in [1.29, 1.82) is 0 Å². The highest BCUT2D eigenvalue weighted by Gasteiger charge is 2.24. The molecule has 3 heteroatoms. The van der Waals surface area contributed by atoms with Gasteiger partial charge in [0, 0.05) is 18.5 Å². The molecule has 0 aliphatic rings. The fourth-order valence-electron chi connectivity index (χ4n) is 0.793. The molecule has 0 saturated heterocycles. The number of likely N-dealkylation sites (N-methyl/N-ethyl adjacent to an activating group) is 1. The predicted molar refractivity (Wildman–Crippen MR) is 55.6 cm³/mol. The van der Waals surface area contributed by atoms with Crippen LogP contribution in [0.3, 0.4) is 0 Å². The van der Waals surface area contributed by atoms with Gasteiger partial charge >= 0.3 is 0 Å². The minimum atomic E-state index is -0.230. The Kier molecular flexibility index (Phi) is 4.99. The lowest BCUT2D eigenvalue weighted by atomic mass is 9.89. The summed E-state index contributed by atoms with van der Waals surface area (Å²) >= 11 is 0. The molecule has 1 N–H and O–H groups in total. The highest BCUT2D eigenvalue weighted by atomic mass is 16.2. The number of carbonyl (C=O) groups is 1. The van der Waals surface area contributed by atoms with Crippen LogP contribution in [0.15, 0.2) is 0 Å². The molecule has 0 aliphatic heterocycles. The molecule has 0 spiro atoms. The highest BCUT2D eigenvalue weighted by molar-refractivity contribution is 5.81. The Bertz CT molecular complexity index is 164. The van der Waals surface area contributed by atoms with Crippen molar-refractivity contribution in [1.82, 2.24) is 10.2 Å². The topological polar surface area (TPSA) is 32.3 Å². The largest absolute Gasteiger partial charge is 0.354 e. The number of carbonyl (C=O) groups excluding carboxylic acids is 1. The molecule has 0 bridgehead atoms. The van der Waals surface area contributed by atoms with Crippen molar-refractivity contribution in [2.75, 3.05) is 27.2 Å². The van der Waals surface area contributed by atoms with Crippen molar-refractivity contribution in [2.24, 2.45) is 5.41 Å². The lowest BCUT2D eigenvalue weighted by Gasteiger charge is -2.22. The Labute approximate surface area is 81.5 Å². The number of rotatable bonds is 5. The molecule has 13 heavy (non-hydrogen) atoms. The fraction of sp³-hybridized carbons (Fsp3) is 0.900. The Morgan fingerprint density at radius 1 is 1.38 bits per heavy atom. The lowest BCUT2D eigenvalue weighted by molar-refractivity contribution is -0.129. The standard InChI is InChI=1S/C10H22N2O/c1-6-10(2,3)9(13)11-7-8-12(4)5/h6-8H2,1-5H3,(H,11,13). The van der Waals surface area contributed by atoms with E-state index in [1.165, 1.54) is 0 Å². The van der Waals surface area contributed by atoms with E-state index in [-0.39, 0.29) is 11.3 Å². The van der Waals surface area contributed by atoms with Gasteiger partial charge in [0.25, 0.3) is 0 Å². The van der Waals surface area contributed by atoms with Gasteiger partial charge in [0.05, 0.1) is 0 Å². The molecule has 0 fully saturated rings. The van der Waals surface area contributed by atoms with Crippen LogP contribution in [0, 0.1) is 5.41 Å². The Morgan fingerprint density at radius 2 is 1.92 bits per heavy atom. The maximum absolute atomic E-state index is 11.5. The maximum Gasteiger partial charge on any atom is 0.225 e. The molecular formula is C10H22N2O. The molecule has 0 radical (unpaired) electrons. The third kappa shape index (κ3) is 4.88. The summed E-state index contributed by atoms with van der Waals surface area (Å²) in [5.41, 5.74) is -0.230. The average Bonchev–Trinajstić information content (AvgIpc) is 2.03. The first-order valence-corrected chi connectivity index (χ1v) is 4.83. The number of hydrogen-bond donors (Lipinski definition) is 1. The average molecular weight is 186 g/mol. The molecule has 0 aromatic heterocycles. The van der Waals surface area contributed by atoms with Gasteiger partial charge in [-0.1, -0.05) is 20.8 Å². The highest BCUT2D eigenvalue weighted by Crippen LogP contribution is 2.18. The van der Waals surface area contributed by atoms with Gasteiger partial charge in [-0.3, -0.25) is 4.79 Å². The minimum Gasteiger partial charge on any atom is -0.354 e. The number of hydrogen-bond acceptors (Lipinski definition) is 2. The van der Waals surface area contributed by atoms with E-state index >= 15 is 0 Å². The molecule has 0 atom stereocenters. The van der Waals surface area contributed by atoms with Crippen molar-refractivity contribution in [3.05, 3.63) is 0 Å². The lowest BCUT2D eigenvalue weighted by Crippen LogP contribution is -2.39. The molecule has 3 nitrogen and oxygen atoms in total. The van der Waals surface area contributed by atoms with E-state index in [9.17, 15) is 4.79 Å². The number of nitrogens with one attached hydrogen (secondary N) is 1. The van der Waals surface area contributed by atoms with Gasteiger partial charge in [0.1, 0.15) is 0 Å². The smallest absolute Gasteiger partial charge is 0.225 e. The first-order chi connectivity index (χ1) is 5.90. The van der Waals surface area contributed by atoms with Crippen LogP contribution in [0.4, 0.5) is 0 Å². The molecule has 0 saturated carbocycles. The van der Waals surface area contributed by atoms with Gasteiger partial charge in [-0.15, -0.1) is 0 Å². The van der Waals surface area contributed by atoms with E-state index in [1.807, 2.05) is 34.9 Å². The quantitative estimate of drug-likeness (QED) is 0.697. The first-order valence-electron chi connectivity index (χ1n) is 4.83. The Morgan fingerprint density at radius 3 is 2.31 bits per heavy atom. The van der Waals surface area contributed by atoms with Crippen LogP contribution in [-0.2, 0) is 4.79 Å². The number of amides is 1. The summed E-state index contributed by atoms with van der Waals surface area (Å²) < 4.78 is 0. The van der Waals surface area contributed by atoms with Gasteiger partial charge in [0.2, 0.25) is 5.91 Å². The second-order valence-corrected chi connectivity index (χ2v) is 4.30. The van der Waals surface area contributed by atoms with Crippen molar-refractivity contribution in [3.63, 3.8) is 0 Å². The van der Waals surface area contributed by atoms with Crippen molar-refractivity contribution < 1.29 is 4.79 Å². The van der Waals surface area contributed by atoms with Crippen LogP contribution in [0.2, 0.25) is 0 Å². The first kappa shape index (κ1) is 12.4. The van der Waals surface area contributed by atoms with Gasteiger partial charge < -0.3 is 10.2 Å². The molecule has 0 heterocycles. The normalized spacial score (nSPS) is 11.8. The summed E-state index contributed by atoms with van der Waals surface area (Å²) in [5, 5.41) is 2.92. The zero-order chi connectivity index (χ0) is 10.5. The second-order valence-electron chi connectivity index (χ2n) is 4.30. The molecule has 0 aliphatic carbocycles. The van der Waals surface area contributed by atoms with Gasteiger partial charge in [-0.25, -0.2) is 0 Å². The fourth-order valence-corrected chi connectivity index (χ4v) is 0.793. The summed E-state index contributed by atoms with van der Waals surface area (Å²) in [7, 11) is 3.99. The maximum atomic E-state index is 11.5. The Hall–Kier alpha value is -0.570. The third-order valence-corrected chi connectivity index (χ3v) is 2.34. The monoisotopic (exact) mass is 186 g/mol. The van der Waals surface area contributed by atoms with Crippen LogP contribution in [-0.4, -0.2) is 38.0 Å². The summed E-state index contributed by atoms with van der Waals surface area (Å²) in [5.74, 6) is 0.150. The predicted octanol–water partition coefficient (Wildman–Crippen LogP) is 1.10. The van der Waals surface area contributed by atoms with E-state index < -0.39 is 0 Å².